The minimum absolute atomic E-state index is 0.0455. The number of furan rings is 1. The Hall–Kier alpha value is -3.37. The van der Waals surface area contributed by atoms with Crippen LogP contribution in [0.3, 0.4) is 0 Å². The predicted octanol–water partition coefficient (Wildman–Crippen LogP) is 3.52. The van der Waals surface area contributed by atoms with Crippen molar-refractivity contribution in [3.05, 3.63) is 69.5 Å². The lowest BCUT2D eigenvalue weighted by molar-refractivity contribution is -0.117. The number of ketones is 1. The highest BCUT2D eigenvalue weighted by Gasteiger charge is 2.47. The first-order valence-electron chi connectivity index (χ1n) is 8.09. The number of anilines is 1. The fourth-order valence-corrected chi connectivity index (χ4v) is 4.47. The summed E-state index contributed by atoms with van der Waals surface area (Å²) in [6.45, 7) is 0. The number of Topliss-reactive ketones (excluding diaryl/α,β-unsaturated/α-hetero) is 1. The van der Waals surface area contributed by atoms with E-state index >= 15 is 0 Å². The second-order valence-corrected chi connectivity index (χ2v) is 7.67. The molecule has 10 heteroatoms. The summed E-state index contributed by atoms with van der Waals surface area (Å²) in [6, 6.07) is 7.94. The maximum Gasteiger partial charge on any atom is 0.296 e. The van der Waals surface area contributed by atoms with Crippen molar-refractivity contribution >= 4 is 50.5 Å². The molecule has 5 rings (SSSR count). The molecule has 0 fully saturated rings. The Morgan fingerprint density at radius 2 is 2.07 bits per heavy atom. The highest BCUT2D eigenvalue weighted by molar-refractivity contribution is 7.13. The van der Waals surface area contributed by atoms with Crippen LogP contribution in [0.4, 0.5) is 5.13 Å². The van der Waals surface area contributed by atoms with Crippen LogP contribution in [0.1, 0.15) is 21.5 Å². The van der Waals surface area contributed by atoms with Crippen molar-refractivity contribution in [3.8, 4) is 0 Å². The lowest BCUT2D eigenvalue weighted by Gasteiger charge is -2.21. The molecule has 4 aromatic rings. The molecule has 4 heterocycles. The number of carbonyl (C=O) groups is 2. The van der Waals surface area contributed by atoms with Gasteiger partial charge in [-0.15, -0.1) is 21.5 Å². The second-order valence-electron chi connectivity index (χ2n) is 5.94. The highest BCUT2D eigenvalue weighted by atomic mass is 32.1. The van der Waals surface area contributed by atoms with Gasteiger partial charge in [0.1, 0.15) is 17.1 Å². The third-order valence-corrected chi connectivity index (χ3v) is 5.89. The number of benzene rings is 1. The van der Waals surface area contributed by atoms with Gasteiger partial charge >= 0.3 is 0 Å². The van der Waals surface area contributed by atoms with E-state index in [-0.39, 0.29) is 16.5 Å². The number of fused-ring (bicyclic) bond motifs is 1. The third kappa shape index (κ3) is 2.46. The van der Waals surface area contributed by atoms with Gasteiger partial charge in [-0.25, -0.2) is 0 Å². The number of thiazole rings is 1. The highest BCUT2D eigenvalue weighted by Crippen LogP contribution is 2.43. The molecule has 138 valence electrons. The molecule has 1 aliphatic heterocycles. The van der Waals surface area contributed by atoms with Gasteiger partial charge in [-0.1, -0.05) is 29.5 Å². The van der Waals surface area contributed by atoms with Crippen LogP contribution < -0.4 is 4.90 Å². The molecule has 0 aliphatic carbocycles. The number of para-hydroxylation sites is 1. The van der Waals surface area contributed by atoms with E-state index in [1.165, 1.54) is 21.7 Å². The SMILES string of the molecule is O=C(C1=C(O)C(=O)N(c2nncs2)C1c1cncs1)c1cc2ccccc2o1. The smallest absolute Gasteiger partial charge is 0.296 e. The molecule has 1 unspecified atom stereocenters. The zero-order valence-electron chi connectivity index (χ0n) is 14.0. The van der Waals surface area contributed by atoms with Gasteiger partial charge in [-0.2, -0.15) is 0 Å². The van der Waals surface area contributed by atoms with E-state index in [1.54, 1.807) is 29.9 Å². The summed E-state index contributed by atoms with van der Waals surface area (Å²) in [5, 5.41) is 19.3. The molecule has 0 spiro atoms. The van der Waals surface area contributed by atoms with Gasteiger partial charge in [-0.3, -0.25) is 19.5 Å². The maximum absolute atomic E-state index is 13.3. The quantitative estimate of drug-likeness (QED) is 0.513. The number of hydrogen-bond acceptors (Lipinski definition) is 9. The first-order valence-corrected chi connectivity index (χ1v) is 9.85. The summed E-state index contributed by atoms with van der Waals surface area (Å²) in [5.74, 6) is -1.86. The number of carbonyl (C=O) groups excluding carboxylic acids is 2. The minimum atomic E-state index is -0.853. The molecule has 1 aliphatic rings. The number of aliphatic hydroxyl groups is 1. The average molecular weight is 410 g/mol. The number of hydrogen-bond donors (Lipinski definition) is 1. The monoisotopic (exact) mass is 410 g/mol. The van der Waals surface area contributed by atoms with Crippen molar-refractivity contribution in [3.63, 3.8) is 0 Å². The fourth-order valence-electron chi connectivity index (χ4n) is 3.16. The second kappa shape index (κ2) is 6.36. The van der Waals surface area contributed by atoms with E-state index in [0.29, 0.717) is 10.5 Å². The molecule has 1 N–H and O–H groups in total. The Morgan fingerprint density at radius 3 is 2.79 bits per heavy atom. The third-order valence-electron chi connectivity index (χ3n) is 4.38. The van der Waals surface area contributed by atoms with Crippen LogP contribution in [-0.4, -0.2) is 32.0 Å². The zero-order valence-corrected chi connectivity index (χ0v) is 15.6. The number of amides is 1. The molecule has 28 heavy (non-hydrogen) atoms. The van der Waals surface area contributed by atoms with Gasteiger partial charge in [-0.05, 0) is 12.1 Å². The molecule has 1 atom stereocenters. The summed E-state index contributed by atoms with van der Waals surface area (Å²) in [7, 11) is 0. The molecule has 0 radical (unpaired) electrons. The molecule has 3 aromatic heterocycles. The minimum Gasteiger partial charge on any atom is -0.503 e. The maximum atomic E-state index is 13.3. The molecular formula is C18H10N4O4S2. The van der Waals surface area contributed by atoms with Gasteiger partial charge < -0.3 is 9.52 Å². The van der Waals surface area contributed by atoms with E-state index < -0.39 is 23.5 Å². The van der Waals surface area contributed by atoms with Crippen LogP contribution in [-0.2, 0) is 4.79 Å². The Kier molecular flexibility index (Phi) is 3.81. The molecule has 1 aromatic carbocycles. The molecule has 0 saturated heterocycles. The van der Waals surface area contributed by atoms with Gasteiger partial charge in [0.2, 0.25) is 10.9 Å². The van der Waals surface area contributed by atoms with Crippen molar-refractivity contribution in [1.29, 1.82) is 0 Å². The topological polar surface area (TPSA) is 109 Å². The molecule has 8 nitrogen and oxygen atoms in total. The van der Waals surface area contributed by atoms with E-state index in [0.717, 1.165) is 16.7 Å². The van der Waals surface area contributed by atoms with Crippen molar-refractivity contribution in [2.45, 2.75) is 6.04 Å². The normalized spacial score (nSPS) is 17.1. The zero-order chi connectivity index (χ0) is 19.3. The van der Waals surface area contributed by atoms with E-state index in [9.17, 15) is 14.7 Å². The summed E-state index contributed by atoms with van der Waals surface area (Å²) in [4.78, 5) is 32.0. The number of aromatic nitrogens is 3. The molecule has 0 bridgehead atoms. The van der Waals surface area contributed by atoms with Crippen LogP contribution in [0.2, 0.25) is 0 Å². The van der Waals surface area contributed by atoms with Crippen LogP contribution in [0.15, 0.2) is 63.3 Å². The van der Waals surface area contributed by atoms with Gasteiger partial charge in [0, 0.05) is 11.6 Å². The Balaban J connectivity index is 1.65. The van der Waals surface area contributed by atoms with Crippen LogP contribution in [0.5, 0.6) is 0 Å². The Labute approximate surface area is 165 Å². The van der Waals surface area contributed by atoms with Crippen LogP contribution in [0, 0.1) is 0 Å². The number of aliphatic hydroxyl groups excluding tert-OH is 1. The largest absolute Gasteiger partial charge is 0.503 e. The van der Waals surface area contributed by atoms with Gasteiger partial charge in [0.15, 0.2) is 11.5 Å². The molecular weight excluding hydrogens is 400 g/mol. The predicted molar refractivity (Wildman–Crippen MR) is 102 cm³/mol. The van der Waals surface area contributed by atoms with E-state index in [2.05, 4.69) is 15.2 Å². The van der Waals surface area contributed by atoms with Gasteiger partial charge in [0.05, 0.1) is 16.0 Å². The van der Waals surface area contributed by atoms with Crippen LogP contribution >= 0.6 is 22.7 Å². The first kappa shape index (κ1) is 16.8. The Morgan fingerprint density at radius 1 is 1.21 bits per heavy atom. The summed E-state index contributed by atoms with van der Waals surface area (Å²) in [6.07, 6.45) is 1.56. The van der Waals surface area contributed by atoms with Crippen molar-refractivity contribution in [1.82, 2.24) is 15.2 Å². The summed E-state index contributed by atoms with van der Waals surface area (Å²) in [5.41, 5.74) is 3.55. The number of rotatable bonds is 4. The van der Waals surface area contributed by atoms with Crippen molar-refractivity contribution < 1.29 is 19.1 Å². The van der Waals surface area contributed by atoms with Crippen molar-refractivity contribution in [2.75, 3.05) is 4.90 Å². The first-order chi connectivity index (χ1) is 13.6. The number of nitrogens with zero attached hydrogens (tertiary/aromatic N) is 4. The average Bonchev–Trinajstić information content (AvgIpc) is 3.49. The van der Waals surface area contributed by atoms with E-state index in [1.807, 2.05) is 12.1 Å². The standard InChI is InChI=1S/C18H10N4O4S2/c23-15(11-5-9-3-1-2-4-10(9)26-11)13-14(12-6-19-7-27-12)22(17(25)16(13)24)18-21-20-8-28-18/h1-8,14,24H. The molecule has 1 amide bonds. The van der Waals surface area contributed by atoms with E-state index in [4.69, 9.17) is 4.42 Å². The Bertz CT molecular complexity index is 1190. The summed E-state index contributed by atoms with van der Waals surface area (Å²) >= 11 is 2.40. The summed E-state index contributed by atoms with van der Waals surface area (Å²) < 4.78 is 5.66. The van der Waals surface area contributed by atoms with Crippen molar-refractivity contribution in [2.24, 2.45) is 0 Å². The molecule has 0 saturated carbocycles. The lowest BCUT2D eigenvalue weighted by Crippen LogP contribution is -2.30. The van der Waals surface area contributed by atoms with Gasteiger partial charge in [0.25, 0.3) is 5.91 Å². The fraction of sp³-hybridized carbons (Fsp3) is 0.0556. The van der Waals surface area contributed by atoms with Crippen LogP contribution in [0.25, 0.3) is 11.0 Å². The lowest BCUT2D eigenvalue weighted by atomic mass is 10.0.